The highest BCUT2D eigenvalue weighted by Gasteiger charge is 2.03. The molecule has 0 aliphatic carbocycles. The number of nitrogens with zero attached hydrogens (tertiary/aromatic N) is 2. The van der Waals surface area contributed by atoms with Crippen LogP contribution < -0.4 is 5.32 Å². The van der Waals surface area contributed by atoms with Crippen LogP contribution in [0.2, 0.25) is 0 Å². The molecule has 2 rings (SSSR count). The largest absolute Gasteiger partial charge is 0.377 e. The molecule has 0 saturated heterocycles. The molecule has 4 nitrogen and oxygen atoms in total. The van der Waals surface area contributed by atoms with Gasteiger partial charge in [-0.2, -0.15) is 0 Å². The van der Waals surface area contributed by atoms with E-state index in [4.69, 9.17) is 4.74 Å². The van der Waals surface area contributed by atoms with Gasteiger partial charge in [-0.3, -0.25) is 0 Å². The van der Waals surface area contributed by atoms with Crippen LogP contribution in [0.25, 0.3) is 0 Å². The Bertz CT molecular complexity index is 516. The molecule has 0 radical (unpaired) electrons. The van der Waals surface area contributed by atoms with Crippen molar-refractivity contribution in [1.82, 2.24) is 9.97 Å². The van der Waals surface area contributed by atoms with Crippen molar-refractivity contribution in [1.29, 1.82) is 0 Å². The molecule has 0 aliphatic rings. The van der Waals surface area contributed by atoms with Gasteiger partial charge in [0.2, 0.25) is 5.95 Å². The van der Waals surface area contributed by atoms with Crippen LogP contribution in [0.4, 0.5) is 10.3 Å². The van der Waals surface area contributed by atoms with E-state index in [1.54, 1.807) is 0 Å². The smallest absolute Gasteiger partial charge is 0.223 e. The van der Waals surface area contributed by atoms with E-state index in [-0.39, 0.29) is 0 Å². The Morgan fingerprint density at radius 1 is 1.16 bits per heavy atom. The molecular formula is C14H16FN3O. The number of nitrogens with one attached hydrogen (secondary N) is 1. The third-order valence-corrected chi connectivity index (χ3v) is 2.64. The summed E-state index contributed by atoms with van der Waals surface area (Å²) in [6.07, 6.45) is 2.28. The summed E-state index contributed by atoms with van der Waals surface area (Å²) in [5, 5.41) is 3.06. The van der Waals surface area contributed by atoms with Gasteiger partial charge in [0.1, 0.15) is 0 Å². The van der Waals surface area contributed by atoms with E-state index in [1.807, 2.05) is 31.2 Å². The Morgan fingerprint density at radius 2 is 1.84 bits per heavy atom. The molecule has 0 unspecified atom stereocenters. The van der Waals surface area contributed by atoms with Crippen LogP contribution in [-0.2, 0) is 17.9 Å². The highest BCUT2D eigenvalue weighted by atomic mass is 19.1. The zero-order valence-corrected chi connectivity index (χ0v) is 10.8. The maximum Gasteiger partial charge on any atom is 0.223 e. The Morgan fingerprint density at radius 3 is 2.53 bits per heavy atom. The van der Waals surface area contributed by atoms with Gasteiger partial charge in [-0.15, -0.1) is 0 Å². The first-order valence-corrected chi connectivity index (χ1v) is 6.15. The van der Waals surface area contributed by atoms with Crippen LogP contribution >= 0.6 is 0 Å². The van der Waals surface area contributed by atoms with Crippen LogP contribution in [0.3, 0.4) is 0 Å². The van der Waals surface area contributed by atoms with Gasteiger partial charge in [-0.1, -0.05) is 24.3 Å². The topological polar surface area (TPSA) is 47.0 Å². The Hall–Kier alpha value is -2.01. The highest BCUT2D eigenvalue weighted by Crippen LogP contribution is 2.11. The number of benzene rings is 1. The molecule has 100 valence electrons. The fraction of sp³-hybridized carbons (Fsp3) is 0.286. The van der Waals surface area contributed by atoms with Crippen LogP contribution in [0.1, 0.15) is 18.1 Å². The van der Waals surface area contributed by atoms with E-state index < -0.39 is 5.82 Å². The van der Waals surface area contributed by atoms with Crippen molar-refractivity contribution in [2.75, 3.05) is 11.9 Å². The number of aromatic nitrogens is 2. The first kappa shape index (κ1) is 13.4. The summed E-state index contributed by atoms with van der Waals surface area (Å²) in [6.45, 7) is 3.81. The van der Waals surface area contributed by atoms with Gasteiger partial charge < -0.3 is 10.1 Å². The first-order valence-electron chi connectivity index (χ1n) is 6.15. The van der Waals surface area contributed by atoms with Crippen LogP contribution in [0, 0.1) is 5.82 Å². The van der Waals surface area contributed by atoms with Gasteiger partial charge in [-0.05, 0) is 18.1 Å². The molecule has 0 aliphatic heterocycles. The second-order valence-electron chi connectivity index (χ2n) is 3.98. The number of rotatable bonds is 6. The van der Waals surface area contributed by atoms with Gasteiger partial charge in [0.15, 0.2) is 5.82 Å². The summed E-state index contributed by atoms with van der Waals surface area (Å²) < 4.78 is 18.1. The number of anilines is 1. The molecule has 1 heterocycles. The van der Waals surface area contributed by atoms with Gasteiger partial charge in [0.25, 0.3) is 0 Å². The lowest BCUT2D eigenvalue weighted by Gasteiger charge is -2.10. The quantitative estimate of drug-likeness (QED) is 0.868. The summed E-state index contributed by atoms with van der Waals surface area (Å²) >= 11 is 0. The zero-order valence-electron chi connectivity index (χ0n) is 10.8. The van der Waals surface area contributed by atoms with E-state index in [0.717, 1.165) is 23.5 Å². The number of hydrogen-bond acceptors (Lipinski definition) is 4. The molecule has 5 heteroatoms. The molecule has 0 bridgehead atoms. The predicted octanol–water partition coefficient (Wildman–Crippen LogP) is 2.76. The first-order chi connectivity index (χ1) is 9.29. The highest BCUT2D eigenvalue weighted by molar-refractivity contribution is 5.31. The monoisotopic (exact) mass is 261 g/mol. The van der Waals surface area contributed by atoms with E-state index in [1.165, 1.54) is 0 Å². The molecule has 19 heavy (non-hydrogen) atoms. The second-order valence-corrected chi connectivity index (χ2v) is 3.98. The summed E-state index contributed by atoms with van der Waals surface area (Å²) in [5.41, 5.74) is 2.24. The minimum atomic E-state index is -0.442. The Labute approximate surface area is 111 Å². The van der Waals surface area contributed by atoms with Crippen molar-refractivity contribution >= 4 is 5.95 Å². The minimum Gasteiger partial charge on any atom is -0.377 e. The number of hydrogen-bond donors (Lipinski definition) is 1. The van der Waals surface area contributed by atoms with Gasteiger partial charge in [-0.25, -0.2) is 14.4 Å². The molecule has 0 spiro atoms. The molecule has 2 aromatic rings. The fourth-order valence-electron chi connectivity index (χ4n) is 1.66. The van der Waals surface area contributed by atoms with Crippen molar-refractivity contribution in [3.63, 3.8) is 0 Å². The predicted molar refractivity (Wildman–Crippen MR) is 71.1 cm³/mol. The average Bonchev–Trinajstić information content (AvgIpc) is 2.45. The summed E-state index contributed by atoms with van der Waals surface area (Å²) in [7, 11) is 0. The van der Waals surface area contributed by atoms with Gasteiger partial charge in [0.05, 0.1) is 19.0 Å². The van der Waals surface area contributed by atoms with E-state index in [2.05, 4.69) is 15.3 Å². The third kappa shape index (κ3) is 3.99. The van der Waals surface area contributed by atoms with Crippen LogP contribution in [-0.4, -0.2) is 16.6 Å². The molecule has 0 amide bonds. The summed E-state index contributed by atoms with van der Waals surface area (Å²) in [6, 6.07) is 7.99. The summed E-state index contributed by atoms with van der Waals surface area (Å²) in [4.78, 5) is 7.71. The standard InChI is InChI=1S/C14H16FN3O/c1-2-19-10-12-6-4-3-5-11(12)7-16-14-17-8-13(15)9-18-14/h3-6,8-9H,2,7,10H2,1H3,(H,16,17,18). The molecule has 1 aromatic heterocycles. The van der Waals surface area contributed by atoms with E-state index in [0.29, 0.717) is 25.7 Å². The van der Waals surface area contributed by atoms with Gasteiger partial charge in [0, 0.05) is 13.2 Å². The van der Waals surface area contributed by atoms with E-state index in [9.17, 15) is 4.39 Å². The lowest BCUT2D eigenvalue weighted by atomic mass is 10.1. The van der Waals surface area contributed by atoms with Crippen molar-refractivity contribution < 1.29 is 9.13 Å². The summed E-state index contributed by atoms with van der Waals surface area (Å²) in [5.74, 6) is -0.0325. The minimum absolute atomic E-state index is 0.410. The van der Waals surface area contributed by atoms with Crippen LogP contribution in [0.15, 0.2) is 36.7 Å². The second kappa shape index (κ2) is 6.80. The Balaban J connectivity index is 2.00. The van der Waals surface area contributed by atoms with Crippen molar-refractivity contribution in [2.45, 2.75) is 20.1 Å². The number of ether oxygens (including phenoxy) is 1. The zero-order chi connectivity index (χ0) is 13.5. The molecular weight excluding hydrogens is 245 g/mol. The number of halogens is 1. The maximum atomic E-state index is 12.7. The lowest BCUT2D eigenvalue weighted by Crippen LogP contribution is -2.06. The van der Waals surface area contributed by atoms with Crippen LogP contribution in [0.5, 0.6) is 0 Å². The molecule has 0 atom stereocenters. The molecule has 1 N–H and O–H groups in total. The molecule has 0 fully saturated rings. The fourth-order valence-corrected chi connectivity index (χ4v) is 1.66. The normalized spacial score (nSPS) is 10.4. The van der Waals surface area contributed by atoms with Crippen molar-refractivity contribution in [3.05, 3.63) is 53.6 Å². The SMILES string of the molecule is CCOCc1ccccc1CNc1ncc(F)cn1. The average molecular weight is 261 g/mol. The van der Waals surface area contributed by atoms with Crippen molar-refractivity contribution in [2.24, 2.45) is 0 Å². The molecule has 0 saturated carbocycles. The maximum absolute atomic E-state index is 12.7. The van der Waals surface area contributed by atoms with Crippen molar-refractivity contribution in [3.8, 4) is 0 Å². The van der Waals surface area contributed by atoms with Gasteiger partial charge >= 0.3 is 0 Å². The lowest BCUT2D eigenvalue weighted by molar-refractivity contribution is 0.133. The van der Waals surface area contributed by atoms with E-state index >= 15 is 0 Å². The molecule has 1 aromatic carbocycles. The Kier molecular flexibility index (Phi) is 4.80. The third-order valence-electron chi connectivity index (χ3n) is 2.64.